The number of rotatable bonds is 3. The number of para-hydroxylation sites is 1. The highest BCUT2D eigenvalue weighted by molar-refractivity contribution is 5.95. The molecule has 1 heterocycles. The lowest BCUT2D eigenvalue weighted by Crippen LogP contribution is -2.45. The lowest BCUT2D eigenvalue weighted by Gasteiger charge is -2.24. The molecule has 1 aromatic carbocycles. The number of anilines is 1. The van der Waals surface area contributed by atoms with Crippen molar-refractivity contribution in [2.75, 3.05) is 5.32 Å². The highest BCUT2D eigenvalue weighted by Crippen LogP contribution is 2.23. The number of nitrogens with zero attached hydrogens (tertiary/aromatic N) is 1. The Morgan fingerprint density at radius 3 is 2.58 bits per heavy atom. The van der Waals surface area contributed by atoms with E-state index < -0.39 is 11.4 Å². The van der Waals surface area contributed by atoms with Crippen molar-refractivity contribution in [3.05, 3.63) is 40.7 Å². The largest absolute Gasteiger partial charge is 0.371 e. The van der Waals surface area contributed by atoms with Gasteiger partial charge in [-0.3, -0.25) is 9.59 Å². The van der Waals surface area contributed by atoms with Gasteiger partial charge in [0.1, 0.15) is 5.54 Å². The van der Waals surface area contributed by atoms with Crippen molar-refractivity contribution >= 4 is 22.5 Å². The maximum absolute atomic E-state index is 11.9. The number of fused-ring (bicyclic) bond motifs is 1. The summed E-state index contributed by atoms with van der Waals surface area (Å²) < 4.78 is 1.57. The molecule has 5 heteroatoms. The van der Waals surface area contributed by atoms with Crippen LogP contribution in [0.3, 0.4) is 0 Å². The van der Waals surface area contributed by atoms with Gasteiger partial charge in [-0.15, -0.1) is 0 Å². The summed E-state index contributed by atoms with van der Waals surface area (Å²) in [5.74, 6) is -0.475. The molecule has 0 fully saturated rings. The summed E-state index contributed by atoms with van der Waals surface area (Å²) in [5, 5.41) is 3.91. The van der Waals surface area contributed by atoms with E-state index in [-0.39, 0.29) is 5.56 Å². The van der Waals surface area contributed by atoms with Gasteiger partial charge < -0.3 is 15.6 Å². The predicted molar refractivity (Wildman–Crippen MR) is 76.1 cm³/mol. The molecule has 0 aliphatic rings. The van der Waals surface area contributed by atoms with E-state index in [2.05, 4.69) is 5.32 Å². The summed E-state index contributed by atoms with van der Waals surface area (Å²) >= 11 is 0. The van der Waals surface area contributed by atoms with Crippen molar-refractivity contribution in [1.82, 2.24) is 4.57 Å². The van der Waals surface area contributed by atoms with Crippen LogP contribution in [-0.2, 0) is 11.8 Å². The van der Waals surface area contributed by atoms with Crippen LogP contribution in [0.2, 0.25) is 0 Å². The van der Waals surface area contributed by atoms with Crippen LogP contribution >= 0.6 is 0 Å². The zero-order chi connectivity index (χ0) is 14.2. The van der Waals surface area contributed by atoms with Gasteiger partial charge >= 0.3 is 0 Å². The second-order valence-corrected chi connectivity index (χ2v) is 5.09. The highest BCUT2D eigenvalue weighted by atomic mass is 16.1. The van der Waals surface area contributed by atoms with E-state index in [1.807, 2.05) is 24.3 Å². The Morgan fingerprint density at radius 1 is 1.32 bits per heavy atom. The first kappa shape index (κ1) is 13.1. The van der Waals surface area contributed by atoms with Crippen LogP contribution in [0.15, 0.2) is 35.1 Å². The van der Waals surface area contributed by atoms with Crippen molar-refractivity contribution in [2.24, 2.45) is 12.8 Å². The number of benzene rings is 1. The van der Waals surface area contributed by atoms with Crippen LogP contribution in [0.4, 0.5) is 5.69 Å². The molecule has 0 radical (unpaired) electrons. The number of aryl methyl sites for hydroxylation is 1. The number of hydrogen-bond acceptors (Lipinski definition) is 3. The molecule has 0 bridgehead atoms. The molecule has 0 spiro atoms. The van der Waals surface area contributed by atoms with Crippen LogP contribution in [0.1, 0.15) is 13.8 Å². The van der Waals surface area contributed by atoms with Crippen molar-refractivity contribution in [1.29, 1.82) is 0 Å². The van der Waals surface area contributed by atoms with E-state index in [1.165, 1.54) is 6.07 Å². The Kier molecular flexibility index (Phi) is 3.06. The van der Waals surface area contributed by atoms with Crippen LogP contribution in [0.25, 0.3) is 10.9 Å². The highest BCUT2D eigenvalue weighted by Gasteiger charge is 2.25. The van der Waals surface area contributed by atoms with Crippen molar-refractivity contribution in [3.8, 4) is 0 Å². The molecular formula is C14H17N3O2. The van der Waals surface area contributed by atoms with Crippen LogP contribution < -0.4 is 16.6 Å². The van der Waals surface area contributed by atoms with Gasteiger partial charge in [-0.05, 0) is 19.9 Å². The maximum atomic E-state index is 11.9. The van der Waals surface area contributed by atoms with E-state index in [0.717, 1.165) is 10.9 Å². The number of nitrogens with one attached hydrogen (secondary N) is 1. The molecule has 1 amide bonds. The fourth-order valence-corrected chi connectivity index (χ4v) is 1.91. The number of nitrogens with two attached hydrogens (primary N) is 1. The number of aromatic nitrogens is 1. The van der Waals surface area contributed by atoms with Gasteiger partial charge in [0.05, 0.1) is 5.52 Å². The minimum Gasteiger partial charge on any atom is -0.371 e. The van der Waals surface area contributed by atoms with E-state index >= 15 is 0 Å². The maximum Gasteiger partial charge on any atom is 0.252 e. The van der Waals surface area contributed by atoms with Crippen LogP contribution in [0, 0.1) is 0 Å². The fourth-order valence-electron chi connectivity index (χ4n) is 1.91. The lowest BCUT2D eigenvalue weighted by molar-refractivity contribution is -0.121. The summed E-state index contributed by atoms with van der Waals surface area (Å²) in [6.07, 6.45) is 0. The van der Waals surface area contributed by atoms with E-state index in [0.29, 0.717) is 5.69 Å². The molecular weight excluding hydrogens is 242 g/mol. The summed E-state index contributed by atoms with van der Waals surface area (Å²) in [6, 6.07) is 8.99. The number of hydrogen-bond donors (Lipinski definition) is 2. The van der Waals surface area contributed by atoms with Gasteiger partial charge in [0.25, 0.3) is 5.56 Å². The van der Waals surface area contributed by atoms with Crippen molar-refractivity contribution < 1.29 is 4.79 Å². The third kappa shape index (κ3) is 2.31. The topological polar surface area (TPSA) is 77.1 Å². The minimum atomic E-state index is -0.921. The number of carbonyl (C=O) groups excluding carboxylic acids is 1. The SMILES string of the molecule is Cn1c(=O)cc(NC(C)(C)C(N)=O)c2ccccc21. The summed E-state index contributed by atoms with van der Waals surface area (Å²) in [6.45, 7) is 3.36. The molecule has 0 aliphatic carbocycles. The molecule has 2 aromatic rings. The first-order chi connectivity index (χ1) is 8.83. The molecule has 19 heavy (non-hydrogen) atoms. The molecule has 0 saturated carbocycles. The number of pyridine rings is 1. The number of amides is 1. The smallest absolute Gasteiger partial charge is 0.252 e. The first-order valence-corrected chi connectivity index (χ1v) is 6.00. The van der Waals surface area contributed by atoms with Gasteiger partial charge in [0.2, 0.25) is 5.91 Å². The molecule has 5 nitrogen and oxygen atoms in total. The first-order valence-electron chi connectivity index (χ1n) is 6.00. The second kappa shape index (κ2) is 4.42. The number of carbonyl (C=O) groups is 1. The van der Waals surface area contributed by atoms with Crippen LogP contribution in [-0.4, -0.2) is 16.0 Å². The normalized spacial score (nSPS) is 11.5. The van der Waals surface area contributed by atoms with Crippen molar-refractivity contribution in [2.45, 2.75) is 19.4 Å². The summed E-state index contributed by atoms with van der Waals surface area (Å²) in [7, 11) is 1.72. The minimum absolute atomic E-state index is 0.138. The molecule has 100 valence electrons. The summed E-state index contributed by atoms with van der Waals surface area (Å²) in [5.41, 5.74) is 5.70. The van der Waals surface area contributed by atoms with Crippen LogP contribution in [0.5, 0.6) is 0 Å². The molecule has 0 saturated heterocycles. The molecule has 1 aromatic heterocycles. The lowest BCUT2D eigenvalue weighted by atomic mass is 10.0. The zero-order valence-electron chi connectivity index (χ0n) is 11.2. The Morgan fingerprint density at radius 2 is 1.95 bits per heavy atom. The van der Waals surface area contributed by atoms with E-state index in [1.54, 1.807) is 25.5 Å². The van der Waals surface area contributed by atoms with Gasteiger partial charge in [0, 0.05) is 24.2 Å². The Bertz CT molecular complexity index is 701. The average Bonchev–Trinajstić information content (AvgIpc) is 2.35. The van der Waals surface area contributed by atoms with Crippen molar-refractivity contribution in [3.63, 3.8) is 0 Å². The predicted octanol–water partition coefficient (Wildman–Crippen LogP) is 1.21. The van der Waals surface area contributed by atoms with Gasteiger partial charge in [0.15, 0.2) is 0 Å². The van der Waals surface area contributed by atoms with E-state index in [9.17, 15) is 9.59 Å². The molecule has 0 unspecified atom stereocenters. The molecule has 3 N–H and O–H groups in total. The zero-order valence-corrected chi connectivity index (χ0v) is 11.2. The molecule has 2 rings (SSSR count). The average molecular weight is 259 g/mol. The Hall–Kier alpha value is -2.30. The Balaban J connectivity index is 2.65. The number of primary amides is 1. The molecule has 0 atom stereocenters. The third-order valence-corrected chi connectivity index (χ3v) is 3.22. The Labute approximate surface area is 111 Å². The second-order valence-electron chi connectivity index (χ2n) is 5.09. The van der Waals surface area contributed by atoms with E-state index in [4.69, 9.17) is 5.73 Å². The standard InChI is InChI=1S/C14H17N3O2/c1-14(2,13(15)19)16-10-8-12(18)17(3)11-7-5-4-6-9(10)11/h4-8,16H,1-3H3,(H2,15,19). The third-order valence-electron chi connectivity index (χ3n) is 3.22. The quantitative estimate of drug-likeness (QED) is 0.870. The summed E-state index contributed by atoms with van der Waals surface area (Å²) in [4.78, 5) is 23.3. The van der Waals surface area contributed by atoms with Gasteiger partial charge in [-0.25, -0.2) is 0 Å². The molecule has 0 aliphatic heterocycles. The fraction of sp³-hybridized carbons (Fsp3) is 0.286. The monoisotopic (exact) mass is 259 g/mol. The van der Waals surface area contributed by atoms with Gasteiger partial charge in [-0.2, -0.15) is 0 Å². The van der Waals surface area contributed by atoms with Gasteiger partial charge in [-0.1, -0.05) is 18.2 Å².